The van der Waals surface area contributed by atoms with Gasteiger partial charge in [-0.3, -0.25) is 9.59 Å². The van der Waals surface area contributed by atoms with Gasteiger partial charge in [-0.05, 0) is 30.5 Å². The van der Waals surface area contributed by atoms with E-state index in [0.717, 1.165) is 22.9 Å². The molecule has 0 bridgehead atoms. The zero-order valence-electron chi connectivity index (χ0n) is 12.1. The number of carboxylic acids is 1. The molecule has 1 N–H and O–H groups in total. The molecule has 0 aliphatic carbocycles. The largest absolute Gasteiger partial charge is 0.481 e. The van der Waals surface area contributed by atoms with Gasteiger partial charge in [0, 0.05) is 30.1 Å². The number of likely N-dealkylation sites (tertiary alicyclic amines) is 1. The first-order chi connectivity index (χ1) is 10.6. The Morgan fingerprint density at radius 2 is 1.95 bits per heavy atom. The number of rotatable bonds is 3. The number of benzene rings is 1. The summed E-state index contributed by atoms with van der Waals surface area (Å²) in [5.41, 5.74) is 0.957. The smallest absolute Gasteiger partial charge is 0.308 e. The molecule has 1 aromatic carbocycles. The molecule has 3 rings (SSSR count). The van der Waals surface area contributed by atoms with Crippen LogP contribution in [-0.4, -0.2) is 47.7 Å². The minimum absolute atomic E-state index is 0.0663. The van der Waals surface area contributed by atoms with E-state index >= 15 is 0 Å². The van der Waals surface area contributed by atoms with Crippen molar-refractivity contribution in [2.75, 3.05) is 19.7 Å². The molecular formula is C16H18BrNO4. The van der Waals surface area contributed by atoms with E-state index in [1.807, 2.05) is 24.3 Å². The van der Waals surface area contributed by atoms with Gasteiger partial charge in [-0.1, -0.05) is 28.1 Å². The fraction of sp³-hybridized carbons (Fsp3) is 0.500. The van der Waals surface area contributed by atoms with Crippen molar-refractivity contribution in [1.82, 2.24) is 4.90 Å². The molecule has 6 heteroatoms. The van der Waals surface area contributed by atoms with Crippen LogP contribution >= 0.6 is 15.9 Å². The summed E-state index contributed by atoms with van der Waals surface area (Å²) >= 11 is 3.38. The van der Waals surface area contributed by atoms with Crippen molar-refractivity contribution in [2.45, 2.75) is 24.9 Å². The summed E-state index contributed by atoms with van der Waals surface area (Å²) in [5, 5.41) is 9.49. The van der Waals surface area contributed by atoms with Gasteiger partial charge in [-0.25, -0.2) is 0 Å². The van der Waals surface area contributed by atoms with Crippen LogP contribution in [0.4, 0.5) is 0 Å². The minimum Gasteiger partial charge on any atom is -0.481 e. The first kappa shape index (κ1) is 15.5. The second-order valence-corrected chi connectivity index (χ2v) is 6.76. The fourth-order valence-corrected chi connectivity index (χ4v) is 3.52. The van der Waals surface area contributed by atoms with Crippen LogP contribution < -0.4 is 0 Å². The number of nitrogens with zero attached hydrogens (tertiary/aromatic N) is 1. The number of halogens is 1. The van der Waals surface area contributed by atoms with Gasteiger partial charge < -0.3 is 14.7 Å². The van der Waals surface area contributed by atoms with Crippen molar-refractivity contribution in [3.8, 4) is 0 Å². The van der Waals surface area contributed by atoms with Gasteiger partial charge in [0.1, 0.15) is 6.10 Å². The molecule has 0 radical (unpaired) electrons. The maximum Gasteiger partial charge on any atom is 0.308 e. The number of aliphatic carboxylic acids is 1. The van der Waals surface area contributed by atoms with Crippen molar-refractivity contribution in [1.29, 1.82) is 0 Å². The highest BCUT2D eigenvalue weighted by Gasteiger charge is 2.42. The lowest BCUT2D eigenvalue weighted by Crippen LogP contribution is -2.37. The molecule has 3 atom stereocenters. The number of ether oxygens (including phenoxy) is 1. The lowest BCUT2D eigenvalue weighted by atomic mass is 9.89. The van der Waals surface area contributed by atoms with Gasteiger partial charge >= 0.3 is 5.97 Å². The van der Waals surface area contributed by atoms with Gasteiger partial charge in [0.15, 0.2) is 0 Å². The molecule has 2 aliphatic heterocycles. The van der Waals surface area contributed by atoms with Crippen LogP contribution in [0, 0.1) is 5.92 Å². The van der Waals surface area contributed by atoms with Gasteiger partial charge in [-0.2, -0.15) is 0 Å². The molecule has 1 unspecified atom stereocenters. The molecule has 22 heavy (non-hydrogen) atoms. The third-order valence-electron chi connectivity index (χ3n) is 4.45. The van der Waals surface area contributed by atoms with E-state index in [2.05, 4.69) is 15.9 Å². The lowest BCUT2D eigenvalue weighted by Gasteiger charge is -2.20. The molecule has 5 nitrogen and oxygen atoms in total. The Morgan fingerprint density at radius 3 is 2.55 bits per heavy atom. The molecule has 1 amide bonds. The summed E-state index contributed by atoms with van der Waals surface area (Å²) in [6, 6.07) is 7.65. The maximum absolute atomic E-state index is 12.4. The summed E-state index contributed by atoms with van der Waals surface area (Å²) < 4.78 is 6.39. The zero-order chi connectivity index (χ0) is 15.7. The molecule has 118 valence electrons. The summed E-state index contributed by atoms with van der Waals surface area (Å²) in [6.07, 6.45) is 1.23. The van der Waals surface area contributed by atoms with E-state index in [-0.39, 0.29) is 18.4 Å². The van der Waals surface area contributed by atoms with Crippen molar-refractivity contribution in [2.24, 2.45) is 5.92 Å². The molecule has 1 aromatic rings. The number of carbonyl (C=O) groups excluding carboxylic acids is 1. The molecule has 0 spiro atoms. The number of amides is 1. The molecule has 2 heterocycles. The van der Waals surface area contributed by atoms with Gasteiger partial charge in [0.2, 0.25) is 0 Å². The van der Waals surface area contributed by atoms with Crippen LogP contribution in [0.1, 0.15) is 24.3 Å². The normalized spacial score (nSPS) is 28.0. The Balaban J connectivity index is 1.78. The molecule has 2 aliphatic rings. The standard InChI is InChI=1S/C16H18BrNO4/c17-11-5-3-10(4-6-11)12-8-18(9-13(12)16(20)21)15(19)14-2-1-7-22-14/h3-6,12-14H,1-2,7-9H2,(H,20,21)/t12-,13+,14?/m0/s1. The third-order valence-corrected chi connectivity index (χ3v) is 4.98. The molecule has 2 fully saturated rings. The molecule has 2 saturated heterocycles. The number of carboxylic acid groups (broad SMARTS) is 1. The van der Waals surface area contributed by atoms with Gasteiger partial charge in [0.25, 0.3) is 5.91 Å². The van der Waals surface area contributed by atoms with E-state index in [1.165, 1.54) is 0 Å². The van der Waals surface area contributed by atoms with Crippen molar-refractivity contribution in [3.63, 3.8) is 0 Å². The highest BCUT2D eigenvalue weighted by Crippen LogP contribution is 2.34. The summed E-state index contributed by atoms with van der Waals surface area (Å²) in [5.74, 6) is -1.65. The van der Waals surface area contributed by atoms with E-state index in [9.17, 15) is 14.7 Å². The Bertz CT molecular complexity index is 568. The van der Waals surface area contributed by atoms with E-state index in [1.54, 1.807) is 4.90 Å². The second-order valence-electron chi connectivity index (χ2n) is 5.85. The van der Waals surface area contributed by atoms with Crippen LogP contribution in [-0.2, 0) is 14.3 Å². The monoisotopic (exact) mass is 367 g/mol. The lowest BCUT2D eigenvalue weighted by molar-refractivity contribution is -0.143. The summed E-state index contributed by atoms with van der Waals surface area (Å²) in [4.78, 5) is 25.7. The summed E-state index contributed by atoms with van der Waals surface area (Å²) in [6.45, 7) is 1.31. The van der Waals surface area contributed by atoms with Crippen LogP contribution in [0.25, 0.3) is 0 Å². The highest BCUT2D eigenvalue weighted by atomic mass is 79.9. The van der Waals surface area contributed by atoms with E-state index < -0.39 is 18.0 Å². The summed E-state index contributed by atoms with van der Waals surface area (Å²) in [7, 11) is 0. The van der Waals surface area contributed by atoms with Crippen LogP contribution in [0.15, 0.2) is 28.7 Å². The topological polar surface area (TPSA) is 66.8 Å². The predicted molar refractivity (Wildman–Crippen MR) is 83.6 cm³/mol. The van der Waals surface area contributed by atoms with E-state index in [4.69, 9.17) is 4.74 Å². The number of hydrogen-bond acceptors (Lipinski definition) is 3. The Morgan fingerprint density at radius 1 is 1.23 bits per heavy atom. The van der Waals surface area contributed by atoms with Crippen molar-refractivity contribution in [3.05, 3.63) is 34.3 Å². The fourth-order valence-electron chi connectivity index (χ4n) is 3.26. The number of carbonyl (C=O) groups is 2. The maximum atomic E-state index is 12.4. The molecule has 0 aromatic heterocycles. The Labute approximate surface area is 137 Å². The first-order valence-corrected chi connectivity index (χ1v) is 8.24. The van der Waals surface area contributed by atoms with Crippen LogP contribution in [0.5, 0.6) is 0 Å². The minimum atomic E-state index is -0.851. The molecule has 0 saturated carbocycles. The van der Waals surface area contributed by atoms with E-state index in [0.29, 0.717) is 13.2 Å². The first-order valence-electron chi connectivity index (χ1n) is 7.45. The zero-order valence-corrected chi connectivity index (χ0v) is 13.7. The third kappa shape index (κ3) is 3.03. The van der Waals surface area contributed by atoms with Crippen molar-refractivity contribution >= 4 is 27.8 Å². The Hall–Kier alpha value is -1.40. The molecular weight excluding hydrogens is 350 g/mol. The van der Waals surface area contributed by atoms with Crippen LogP contribution in [0.2, 0.25) is 0 Å². The highest BCUT2D eigenvalue weighted by molar-refractivity contribution is 9.10. The number of hydrogen-bond donors (Lipinski definition) is 1. The van der Waals surface area contributed by atoms with Crippen molar-refractivity contribution < 1.29 is 19.4 Å². The second kappa shape index (κ2) is 6.38. The average molecular weight is 368 g/mol. The Kier molecular flexibility index (Phi) is 4.49. The quantitative estimate of drug-likeness (QED) is 0.889. The SMILES string of the molecule is O=C(O)[C@@H]1CN(C(=O)C2CCCO2)C[C@H]1c1ccc(Br)cc1. The predicted octanol–water partition coefficient (Wildman–Crippen LogP) is 2.25. The van der Waals surface area contributed by atoms with Gasteiger partial charge in [0.05, 0.1) is 5.92 Å². The van der Waals surface area contributed by atoms with Gasteiger partial charge in [-0.15, -0.1) is 0 Å². The average Bonchev–Trinajstić information content (AvgIpc) is 3.17. The van der Waals surface area contributed by atoms with Crippen LogP contribution in [0.3, 0.4) is 0 Å².